The minimum absolute atomic E-state index is 0.0192. The molecule has 2 amide bonds. The zero-order chi connectivity index (χ0) is 23.5. The van der Waals surface area contributed by atoms with E-state index in [-0.39, 0.29) is 18.2 Å². The Bertz CT molecular complexity index is 943. The van der Waals surface area contributed by atoms with Gasteiger partial charge in [-0.15, -0.1) is 0 Å². The highest BCUT2D eigenvalue weighted by Crippen LogP contribution is 2.16. The van der Waals surface area contributed by atoms with E-state index in [9.17, 15) is 19.5 Å². The van der Waals surface area contributed by atoms with Crippen molar-refractivity contribution >= 4 is 35.6 Å². The topological polar surface area (TPSA) is 108 Å². The van der Waals surface area contributed by atoms with Gasteiger partial charge in [-0.05, 0) is 68.2 Å². The third kappa shape index (κ3) is 8.11. The van der Waals surface area contributed by atoms with Crippen molar-refractivity contribution < 1.29 is 24.2 Å². The van der Waals surface area contributed by atoms with Gasteiger partial charge in [0.25, 0.3) is 11.8 Å². The maximum Gasteiger partial charge on any atom is 0.268 e. The van der Waals surface area contributed by atoms with E-state index in [1.807, 2.05) is 20.1 Å². The number of thioether (sulfide) groups is 1. The summed E-state index contributed by atoms with van der Waals surface area (Å²) in [6.45, 7) is 3.83. The van der Waals surface area contributed by atoms with Crippen molar-refractivity contribution in [1.29, 1.82) is 0 Å². The standard InChI is InChI=1S/C24H28N2O5S/c1-16(2)31-19-11-9-17(10-12-19)15-21(26-22(27)18-7-5-4-6-8-18)23(28)25-20(24(29)30)13-14-32-3/h4-12,15-16,20H,13-14H2,1-3H3,(H,25,28)(H,26,27)(H,29,30)/p-1/b21-15+/t20-/m1/s1. The largest absolute Gasteiger partial charge is 0.548 e. The molecule has 2 N–H and O–H groups in total. The smallest absolute Gasteiger partial charge is 0.268 e. The van der Waals surface area contributed by atoms with E-state index in [4.69, 9.17) is 4.74 Å². The van der Waals surface area contributed by atoms with Gasteiger partial charge in [0.05, 0.1) is 18.1 Å². The summed E-state index contributed by atoms with van der Waals surface area (Å²) in [5, 5.41) is 16.5. The Balaban J connectivity index is 2.29. The molecule has 0 aliphatic heterocycles. The van der Waals surface area contributed by atoms with Gasteiger partial charge in [0.2, 0.25) is 0 Å². The molecule has 0 bridgehead atoms. The number of rotatable bonds is 11. The molecule has 1 atom stereocenters. The zero-order valence-corrected chi connectivity index (χ0v) is 19.1. The first-order valence-corrected chi connectivity index (χ1v) is 11.5. The van der Waals surface area contributed by atoms with E-state index < -0.39 is 23.8 Å². The van der Waals surface area contributed by atoms with E-state index >= 15 is 0 Å². The van der Waals surface area contributed by atoms with Gasteiger partial charge < -0.3 is 25.3 Å². The molecule has 0 heterocycles. The number of carboxylic acid groups (broad SMARTS) is 1. The third-order valence-electron chi connectivity index (χ3n) is 4.29. The molecule has 2 aromatic carbocycles. The average molecular weight is 456 g/mol. The molecule has 0 spiro atoms. The Morgan fingerprint density at radius 1 is 1.06 bits per heavy atom. The van der Waals surface area contributed by atoms with Gasteiger partial charge in [-0.3, -0.25) is 9.59 Å². The number of nitrogens with one attached hydrogen (secondary N) is 2. The summed E-state index contributed by atoms with van der Waals surface area (Å²) in [6.07, 6.45) is 3.55. The number of carboxylic acids is 1. The molecule has 0 saturated heterocycles. The number of amides is 2. The van der Waals surface area contributed by atoms with Crippen LogP contribution in [0.25, 0.3) is 6.08 Å². The van der Waals surface area contributed by atoms with Gasteiger partial charge in [-0.1, -0.05) is 30.3 Å². The molecule has 0 aliphatic carbocycles. The molecule has 0 fully saturated rings. The fourth-order valence-electron chi connectivity index (χ4n) is 2.74. The predicted octanol–water partition coefficient (Wildman–Crippen LogP) is 2.23. The molecule has 0 radical (unpaired) electrons. The summed E-state index contributed by atoms with van der Waals surface area (Å²) in [6, 6.07) is 14.2. The molecule has 8 heteroatoms. The minimum atomic E-state index is -1.38. The van der Waals surface area contributed by atoms with Gasteiger partial charge >= 0.3 is 0 Å². The lowest BCUT2D eigenvalue weighted by Crippen LogP contribution is -2.50. The predicted molar refractivity (Wildman–Crippen MR) is 124 cm³/mol. The number of hydrogen-bond donors (Lipinski definition) is 2. The highest BCUT2D eigenvalue weighted by Gasteiger charge is 2.19. The molecular weight excluding hydrogens is 428 g/mol. The van der Waals surface area contributed by atoms with Crippen LogP contribution in [0.2, 0.25) is 0 Å². The van der Waals surface area contributed by atoms with Crippen molar-refractivity contribution in [2.24, 2.45) is 0 Å². The van der Waals surface area contributed by atoms with Crippen LogP contribution in [0, 0.1) is 0 Å². The summed E-state index contributed by atoms with van der Waals surface area (Å²) in [5.74, 6) is -1.37. The van der Waals surface area contributed by atoms with E-state index in [1.54, 1.807) is 54.6 Å². The SMILES string of the molecule is CSCC[C@@H](NC(=O)/C(=C\c1ccc(OC(C)C)cc1)NC(=O)c1ccccc1)C(=O)[O-]. The van der Waals surface area contributed by atoms with E-state index in [1.165, 1.54) is 17.8 Å². The monoisotopic (exact) mass is 455 g/mol. The first-order valence-electron chi connectivity index (χ1n) is 10.2. The summed E-state index contributed by atoms with van der Waals surface area (Å²) in [5.41, 5.74) is 0.922. The van der Waals surface area contributed by atoms with E-state index in [0.717, 1.165) is 0 Å². The molecule has 7 nitrogen and oxygen atoms in total. The molecule has 2 aromatic rings. The van der Waals surface area contributed by atoms with Crippen molar-refractivity contribution in [3.05, 3.63) is 71.4 Å². The Morgan fingerprint density at radius 3 is 2.28 bits per heavy atom. The first-order chi connectivity index (χ1) is 15.3. The number of ether oxygens (including phenoxy) is 1. The molecule has 0 saturated carbocycles. The van der Waals surface area contributed by atoms with Crippen molar-refractivity contribution in [3.63, 3.8) is 0 Å². The number of hydrogen-bond acceptors (Lipinski definition) is 6. The second-order valence-corrected chi connectivity index (χ2v) is 8.23. The van der Waals surface area contributed by atoms with E-state index in [2.05, 4.69) is 10.6 Å². The van der Waals surface area contributed by atoms with Gasteiger partial charge in [0.1, 0.15) is 11.4 Å². The van der Waals surface area contributed by atoms with Gasteiger partial charge in [0, 0.05) is 5.56 Å². The quantitative estimate of drug-likeness (QED) is 0.503. The maximum absolute atomic E-state index is 12.9. The summed E-state index contributed by atoms with van der Waals surface area (Å²) < 4.78 is 5.62. The van der Waals surface area contributed by atoms with Gasteiger partial charge in [-0.2, -0.15) is 11.8 Å². The molecular formula is C24H27N2O5S-. The van der Waals surface area contributed by atoms with Crippen molar-refractivity contribution in [2.75, 3.05) is 12.0 Å². The second kappa shape index (κ2) is 12.6. The van der Waals surface area contributed by atoms with Crippen LogP contribution >= 0.6 is 11.8 Å². The Hall–Kier alpha value is -3.26. The Morgan fingerprint density at radius 2 is 1.72 bits per heavy atom. The molecule has 170 valence electrons. The van der Waals surface area contributed by atoms with Crippen LogP contribution in [0.3, 0.4) is 0 Å². The molecule has 0 unspecified atom stereocenters. The number of carbonyl (C=O) groups is 3. The molecule has 32 heavy (non-hydrogen) atoms. The van der Waals surface area contributed by atoms with Crippen molar-refractivity contribution in [1.82, 2.24) is 10.6 Å². The third-order valence-corrected chi connectivity index (χ3v) is 4.94. The lowest BCUT2D eigenvalue weighted by Gasteiger charge is -2.20. The second-order valence-electron chi connectivity index (χ2n) is 7.24. The summed E-state index contributed by atoms with van der Waals surface area (Å²) in [4.78, 5) is 37.0. The molecule has 0 aliphatic rings. The van der Waals surface area contributed by atoms with Crippen LogP contribution in [-0.2, 0) is 9.59 Å². The maximum atomic E-state index is 12.9. The summed E-state index contributed by atoms with van der Waals surface area (Å²) in [7, 11) is 0. The van der Waals surface area contributed by atoms with Crippen LogP contribution in [0.4, 0.5) is 0 Å². The molecule has 2 rings (SSSR count). The van der Waals surface area contributed by atoms with Crippen LogP contribution < -0.4 is 20.5 Å². The first kappa shape index (κ1) is 25.0. The highest BCUT2D eigenvalue weighted by molar-refractivity contribution is 7.98. The van der Waals surface area contributed by atoms with E-state index in [0.29, 0.717) is 22.6 Å². The number of benzene rings is 2. The van der Waals surface area contributed by atoms with Gasteiger partial charge in [-0.25, -0.2) is 0 Å². The summed E-state index contributed by atoms with van der Waals surface area (Å²) >= 11 is 1.46. The highest BCUT2D eigenvalue weighted by atomic mass is 32.2. The van der Waals surface area contributed by atoms with Crippen molar-refractivity contribution in [2.45, 2.75) is 32.4 Å². The van der Waals surface area contributed by atoms with Gasteiger partial charge in [0.15, 0.2) is 0 Å². The van der Waals surface area contributed by atoms with Crippen LogP contribution in [0.1, 0.15) is 36.2 Å². The normalized spacial score (nSPS) is 12.2. The zero-order valence-electron chi connectivity index (χ0n) is 18.3. The Kier molecular flexibility index (Phi) is 9.81. The van der Waals surface area contributed by atoms with Crippen LogP contribution in [0.5, 0.6) is 5.75 Å². The Labute approximate surface area is 192 Å². The lowest BCUT2D eigenvalue weighted by atomic mass is 10.1. The average Bonchev–Trinajstić information content (AvgIpc) is 2.77. The fourth-order valence-corrected chi connectivity index (χ4v) is 3.22. The fraction of sp³-hybridized carbons (Fsp3) is 0.292. The van der Waals surface area contributed by atoms with Crippen molar-refractivity contribution in [3.8, 4) is 5.75 Å². The number of aliphatic carboxylic acids is 1. The van der Waals surface area contributed by atoms with Crippen LogP contribution in [0.15, 0.2) is 60.3 Å². The lowest BCUT2D eigenvalue weighted by molar-refractivity contribution is -0.308. The van der Waals surface area contributed by atoms with Crippen LogP contribution in [-0.4, -0.2) is 41.9 Å². The number of carbonyl (C=O) groups excluding carboxylic acids is 3. The molecule has 0 aromatic heterocycles. The minimum Gasteiger partial charge on any atom is -0.548 e.